The molecular formula is C14H18N4O3S2. The molecule has 1 aromatic carbocycles. The molecule has 0 saturated carbocycles. The van der Waals surface area contributed by atoms with Crippen LogP contribution >= 0.6 is 12.2 Å². The number of nitro benzene ring substituents is 1. The van der Waals surface area contributed by atoms with E-state index in [1.54, 1.807) is 6.07 Å². The molecule has 0 radical (unpaired) electrons. The van der Waals surface area contributed by atoms with E-state index in [4.69, 9.17) is 12.2 Å². The van der Waals surface area contributed by atoms with Gasteiger partial charge < -0.3 is 10.2 Å². The van der Waals surface area contributed by atoms with Gasteiger partial charge in [0.1, 0.15) is 10.5 Å². The zero-order chi connectivity index (χ0) is 17.4. The molecule has 1 aliphatic rings. The Kier molecular flexibility index (Phi) is 4.81. The van der Waals surface area contributed by atoms with E-state index in [1.165, 1.54) is 12.1 Å². The predicted octanol–water partition coefficient (Wildman–Crippen LogP) is 1.97. The normalized spacial score (nSPS) is 17.4. The van der Waals surface area contributed by atoms with Crippen LogP contribution in [-0.4, -0.2) is 38.9 Å². The first kappa shape index (κ1) is 17.5. The van der Waals surface area contributed by atoms with Crippen molar-refractivity contribution in [3.8, 4) is 0 Å². The van der Waals surface area contributed by atoms with Crippen LogP contribution in [0.15, 0.2) is 23.2 Å². The molecule has 0 fully saturated rings. The number of hydrogen-bond donors (Lipinski definition) is 1. The summed E-state index contributed by atoms with van der Waals surface area (Å²) >= 11 is 5.18. The Morgan fingerprint density at radius 1 is 1.43 bits per heavy atom. The minimum absolute atomic E-state index is 0.0280. The Labute approximate surface area is 142 Å². The molecule has 1 atom stereocenters. The quantitative estimate of drug-likeness (QED) is 0.505. The molecule has 23 heavy (non-hydrogen) atoms. The topological polar surface area (TPSA) is 87.8 Å². The van der Waals surface area contributed by atoms with Gasteiger partial charge in [-0.1, -0.05) is 12.2 Å². The second-order valence-corrected chi connectivity index (χ2v) is 7.66. The largest absolute Gasteiger partial charge is 0.377 e. The lowest BCUT2D eigenvalue weighted by Gasteiger charge is -2.17. The lowest BCUT2D eigenvalue weighted by Crippen LogP contribution is -2.34. The number of rotatable bonds is 4. The van der Waals surface area contributed by atoms with Crippen molar-refractivity contribution in [3.05, 3.63) is 33.9 Å². The molecule has 1 heterocycles. The number of thiocarbonyl (C=S) groups is 1. The minimum Gasteiger partial charge on any atom is -0.377 e. The first-order valence-electron chi connectivity index (χ1n) is 6.86. The molecule has 0 amide bonds. The Hall–Kier alpha value is -1.87. The van der Waals surface area contributed by atoms with Crippen molar-refractivity contribution in [1.29, 1.82) is 0 Å². The summed E-state index contributed by atoms with van der Waals surface area (Å²) in [6.45, 7) is 3.68. The summed E-state index contributed by atoms with van der Waals surface area (Å²) < 4.78 is 12.6. The Morgan fingerprint density at radius 3 is 2.57 bits per heavy atom. The molecule has 1 aliphatic heterocycles. The summed E-state index contributed by atoms with van der Waals surface area (Å²) in [5, 5.41) is 14.2. The molecule has 0 saturated heterocycles. The standard InChI is InChI=1S/C14H18N4O3S2/c1-14(2)12(22)15-13(16-14)23(21)8-9-7-10(18(19)20)5-6-11(9)17(3)4/h5-7H,8H2,1-4H3,(H,15,16,22). The van der Waals surface area contributed by atoms with Gasteiger partial charge in [-0.05, 0) is 25.5 Å². The van der Waals surface area contributed by atoms with Crippen LogP contribution < -0.4 is 10.2 Å². The van der Waals surface area contributed by atoms with Crippen molar-refractivity contribution in [2.45, 2.75) is 25.1 Å². The SMILES string of the molecule is CN(C)c1ccc([N+](=O)[O-])cc1CS(=O)C1=NC(C)(C)C(=S)N1. The van der Waals surface area contributed by atoms with E-state index >= 15 is 0 Å². The molecular weight excluding hydrogens is 336 g/mol. The molecule has 0 bridgehead atoms. The van der Waals surface area contributed by atoms with Crippen LogP contribution in [-0.2, 0) is 16.6 Å². The minimum atomic E-state index is -1.46. The highest BCUT2D eigenvalue weighted by Gasteiger charge is 2.33. The molecule has 1 N–H and O–H groups in total. The van der Waals surface area contributed by atoms with Gasteiger partial charge in [-0.3, -0.25) is 14.3 Å². The third-order valence-electron chi connectivity index (χ3n) is 3.42. The summed E-state index contributed by atoms with van der Waals surface area (Å²) in [5.41, 5.74) is 0.805. The summed E-state index contributed by atoms with van der Waals surface area (Å²) in [4.78, 5) is 17.2. The molecule has 0 aliphatic carbocycles. The van der Waals surface area contributed by atoms with Crippen molar-refractivity contribution in [2.24, 2.45) is 4.99 Å². The molecule has 2 rings (SSSR count). The third kappa shape index (κ3) is 3.73. The van der Waals surface area contributed by atoms with Crippen LogP contribution in [0, 0.1) is 10.1 Å². The second kappa shape index (κ2) is 6.32. The predicted molar refractivity (Wildman–Crippen MR) is 96.5 cm³/mol. The third-order valence-corrected chi connectivity index (χ3v) is 5.21. The average molecular weight is 354 g/mol. The van der Waals surface area contributed by atoms with Gasteiger partial charge in [-0.25, -0.2) is 4.99 Å². The van der Waals surface area contributed by atoms with Crippen molar-refractivity contribution in [2.75, 3.05) is 19.0 Å². The smallest absolute Gasteiger partial charge is 0.269 e. The highest BCUT2D eigenvalue weighted by Crippen LogP contribution is 2.26. The Balaban J connectivity index is 2.32. The number of anilines is 1. The summed E-state index contributed by atoms with van der Waals surface area (Å²) in [6, 6.07) is 4.54. The van der Waals surface area contributed by atoms with Gasteiger partial charge in [0.25, 0.3) is 5.69 Å². The van der Waals surface area contributed by atoms with E-state index in [-0.39, 0.29) is 11.4 Å². The van der Waals surface area contributed by atoms with Crippen LogP contribution in [0.1, 0.15) is 19.4 Å². The van der Waals surface area contributed by atoms with Gasteiger partial charge in [-0.15, -0.1) is 0 Å². The Bertz CT molecular complexity index is 729. The number of nitro groups is 1. The second-order valence-electron chi connectivity index (χ2n) is 5.88. The molecule has 0 spiro atoms. The Morgan fingerprint density at radius 2 is 2.09 bits per heavy atom. The maximum atomic E-state index is 12.6. The fourth-order valence-corrected chi connectivity index (χ4v) is 3.54. The van der Waals surface area contributed by atoms with Crippen LogP contribution in [0.5, 0.6) is 0 Å². The number of amidine groups is 1. The van der Waals surface area contributed by atoms with E-state index in [0.717, 1.165) is 5.69 Å². The van der Waals surface area contributed by atoms with Gasteiger partial charge in [0, 0.05) is 31.9 Å². The average Bonchev–Trinajstić information content (AvgIpc) is 2.72. The van der Waals surface area contributed by atoms with E-state index < -0.39 is 21.3 Å². The number of hydrogen-bond acceptors (Lipinski definition) is 6. The lowest BCUT2D eigenvalue weighted by molar-refractivity contribution is -0.384. The highest BCUT2D eigenvalue weighted by atomic mass is 32.2. The van der Waals surface area contributed by atoms with Crippen LogP contribution in [0.4, 0.5) is 11.4 Å². The summed E-state index contributed by atoms with van der Waals surface area (Å²) in [6.07, 6.45) is 0. The number of nitrogens with one attached hydrogen (secondary N) is 1. The first-order chi connectivity index (χ1) is 10.6. The van der Waals surface area contributed by atoms with Gasteiger partial charge in [0.05, 0.1) is 21.5 Å². The van der Waals surface area contributed by atoms with Crippen molar-refractivity contribution in [3.63, 3.8) is 0 Å². The van der Waals surface area contributed by atoms with Crippen molar-refractivity contribution >= 4 is 44.5 Å². The molecule has 7 nitrogen and oxygen atoms in total. The number of benzene rings is 1. The molecule has 1 unspecified atom stereocenters. The molecule has 1 aromatic rings. The number of aliphatic imine (C=N–C) groups is 1. The van der Waals surface area contributed by atoms with Gasteiger partial charge in [0.15, 0.2) is 5.17 Å². The fraction of sp³-hybridized carbons (Fsp3) is 0.429. The maximum Gasteiger partial charge on any atom is 0.269 e. The molecule has 0 aromatic heterocycles. The fourth-order valence-electron chi connectivity index (χ4n) is 2.14. The summed E-state index contributed by atoms with van der Waals surface area (Å²) in [7, 11) is 2.20. The van der Waals surface area contributed by atoms with Gasteiger partial charge in [-0.2, -0.15) is 0 Å². The van der Waals surface area contributed by atoms with Crippen LogP contribution in [0.25, 0.3) is 0 Å². The zero-order valence-electron chi connectivity index (χ0n) is 13.3. The maximum absolute atomic E-state index is 12.6. The molecule has 124 valence electrons. The van der Waals surface area contributed by atoms with E-state index in [1.807, 2.05) is 32.8 Å². The monoisotopic (exact) mass is 354 g/mol. The van der Waals surface area contributed by atoms with E-state index in [0.29, 0.717) is 15.7 Å². The number of nitrogens with zero attached hydrogens (tertiary/aromatic N) is 3. The van der Waals surface area contributed by atoms with Crippen LogP contribution in [0.2, 0.25) is 0 Å². The van der Waals surface area contributed by atoms with E-state index in [2.05, 4.69) is 10.3 Å². The van der Waals surface area contributed by atoms with Gasteiger partial charge >= 0.3 is 0 Å². The lowest BCUT2D eigenvalue weighted by atomic mass is 10.1. The van der Waals surface area contributed by atoms with E-state index in [9.17, 15) is 14.3 Å². The van der Waals surface area contributed by atoms with Crippen molar-refractivity contribution < 1.29 is 9.13 Å². The van der Waals surface area contributed by atoms with Crippen molar-refractivity contribution in [1.82, 2.24) is 5.32 Å². The van der Waals surface area contributed by atoms with Gasteiger partial charge in [0.2, 0.25) is 0 Å². The summed E-state index contributed by atoms with van der Waals surface area (Å²) in [5.74, 6) is 0.125. The van der Waals surface area contributed by atoms with Crippen LogP contribution in [0.3, 0.4) is 0 Å². The first-order valence-corrected chi connectivity index (χ1v) is 8.59. The molecule has 9 heteroatoms. The highest BCUT2D eigenvalue weighted by molar-refractivity contribution is 8.00. The zero-order valence-corrected chi connectivity index (χ0v) is 15.0. The number of non-ortho nitro benzene ring substituents is 1.